The Labute approximate surface area is 291 Å². The van der Waals surface area contributed by atoms with Gasteiger partial charge in [-0.2, -0.15) is 0 Å². The van der Waals surface area contributed by atoms with Crippen molar-refractivity contribution >= 4 is 0 Å². The third-order valence-corrected chi connectivity index (χ3v) is 12.9. The lowest BCUT2D eigenvalue weighted by Crippen LogP contribution is -2.60. The molecule has 3 saturated heterocycles. The number of nitroso groups, excluding NO2 is 1. The van der Waals surface area contributed by atoms with Crippen LogP contribution >= 0.6 is 0 Å². The number of nitrogens with zero attached hydrogens (tertiary/aromatic N) is 3. The van der Waals surface area contributed by atoms with E-state index < -0.39 is 0 Å². The molecule has 0 radical (unpaired) electrons. The first-order valence-electron chi connectivity index (χ1n) is 18.4. The maximum absolute atomic E-state index is 12.2. The Bertz CT molecular complexity index is 885. The average Bonchev–Trinajstić information content (AvgIpc) is 2.77. The predicted molar refractivity (Wildman–Crippen MR) is 207 cm³/mol. The van der Waals surface area contributed by atoms with E-state index in [4.69, 9.17) is 0 Å². The maximum Gasteiger partial charge on any atom is 0.206 e. The molecule has 276 valence electrons. The fourth-order valence-electron chi connectivity index (χ4n) is 8.84. The summed E-state index contributed by atoms with van der Waals surface area (Å²) in [7, 11) is 4.55. The number of rotatable bonds is 0. The fraction of sp³-hybridized carbons (Fsp3) is 1.00. The summed E-state index contributed by atoms with van der Waals surface area (Å²) in [5.74, 6) is 2.30. The molecule has 0 bridgehead atoms. The zero-order valence-corrected chi connectivity index (χ0v) is 35.2. The molecule has 3 fully saturated rings. The van der Waals surface area contributed by atoms with E-state index in [1.54, 1.807) is 0 Å². The molecule has 3 aliphatic rings. The van der Waals surface area contributed by atoms with Crippen LogP contribution in [0, 0.1) is 38.9 Å². The summed E-state index contributed by atoms with van der Waals surface area (Å²) in [5.41, 5.74) is 2.07. The van der Waals surface area contributed by atoms with Crippen LogP contribution in [0.3, 0.4) is 0 Å². The molecule has 0 aromatic carbocycles. The van der Waals surface area contributed by atoms with Gasteiger partial charge in [-0.15, -0.1) is 0 Å². The lowest BCUT2D eigenvalue weighted by atomic mass is 9.65. The smallest absolute Gasteiger partial charge is 0.206 e. The van der Waals surface area contributed by atoms with Crippen LogP contribution in [-0.2, 0) is 0 Å². The number of hydrogen-bond acceptors (Lipinski definition) is 3. The second-order valence-electron chi connectivity index (χ2n) is 22.7. The minimum Gasteiger partial charge on any atom is -0.296 e. The quantitative estimate of drug-likeness (QED) is 0.244. The molecule has 0 aromatic heterocycles. The van der Waals surface area contributed by atoms with E-state index in [2.05, 4.69) is 169 Å². The SMILES string of the molecule is C.CC(C)(C)C1CC(C)(C)[N+](=O)C(C)(C)C1.CN1C(C)(C)CC(C(C)(C)C)CC1(C)C.CN1C(C)(C)CC(C(C)(C)C)CC1(C)C. The van der Waals surface area contributed by atoms with Gasteiger partial charge >= 0.3 is 0 Å². The van der Waals surface area contributed by atoms with Crippen molar-refractivity contribution in [2.75, 3.05) is 14.1 Å². The molecule has 0 spiro atoms. The predicted octanol–water partition coefficient (Wildman–Crippen LogP) is 12.3. The van der Waals surface area contributed by atoms with E-state index in [1.165, 1.54) is 30.4 Å². The standard InChI is InChI=1S/2C14H29N.C13H26NO.CH4/c2*1-12(2,3)11-9-13(4,5)15(8)14(6,7)10-11;1-11(2,3)10-8-12(4,5)14(15)13(6,7)9-10;/h2*11H,9-10H2,1-8H3;10H,8-9H2,1-7H3;1H4/q;;+1;. The Balaban J connectivity index is 0.000000653. The van der Waals surface area contributed by atoms with Gasteiger partial charge in [-0.1, -0.05) is 69.7 Å². The highest BCUT2D eigenvalue weighted by molar-refractivity contribution is 5.02. The lowest BCUT2D eigenvalue weighted by Gasteiger charge is -2.56. The number of piperidine rings is 3. The van der Waals surface area contributed by atoms with Gasteiger partial charge in [0.25, 0.3) is 0 Å². The topological polar surface area (TPSA) is 26.6 Å². The van der Waals surface area contributed by atoms with Gasteiger partial charge in [-0.05, 0) is 129 Å². The molecule has 0 N–H and O–H groups in total. The summed E-state index contributed by atoms with van der Waals surface area (Å²) in [4.78, 5) is 17.3. The summed E-state index contributed by atoms with van der Waals surface area (Å²) < 4.78 is 1.31. The van der Waals surface area contributed by atoms with Gasteiger partial charge in [0.15, 0.2) is 0 Å². The van der Waals surface area contributed by atoms with Crippen molar-refractivity contribution < 1.29 is 4.76 Å². The van der Waals surface area contributed by atoms with E-state index in [9.17, 15) is 4.91 Å². The van der Waals surface area contributed by atoms with Gasteiger partial charge in [0, 0.05) is 72.4 Å². The molecule has 46 heavy (non-hydrogen) atoms. The van der Waals surface area contributed by atoms with Crippen LogP contribution in [0.1, 0.15) is 191 Å². The second-order valence-corrected chi connectivity index (χ2v) is 22.7. The van der Waals surface area contributed by atoms with Crippen molar-refractivity contribution in [2.45, 2.75) is 225 Å². The van der Waals surface area contributed by atoms with Crippen LogP contribution in [0.25, 0.3) is 0 Å². The Kier molecular flexibility index (Phi) is 13.9. The molecular formula is C42H88N3O+. The third-order valence-electron chi connectivity index (χ3n) is 12.9. The van der Waals surface area contributed by atoms with Crippen molar-refractivity contribution in [1.29, 1.82) is 0 Å². The Hall–Kier alpha value is -0.480. The normalized spacial score (nSPS) is 27.0. The summed E-state index contributed by atoms with van der Waals surface area (Å²) in [5, 5.41) is 0. The summed E-state index contributed by atoms with van der Waals surface area (Å²) in [6.07, 6.45) is 7.27. The molecule has 0 aliphatic carbocycles. The lowest BCUT2D eigenvalue weighted by molar-refractivity contribution is -0.696. The zero-order valence-electron chi connectivity index (χ0n) is 35.2. The molecule has 3 rings (SSSR count). The summed E-state index contributed by atoms with van der Waals surface area (Å²) >= 11 is 0. The Morgan fingerprint density at radius 3 is 0.783 bits per heavy atom. The zero-order chi connectivity index (χ0) is 36.2. The second kappa shape index (κ2) is 14.0. The molecule has 0 amide bonds. The molecule has 0 saturated carbocycles. The molecule has 0 unspecified atom stereocenters. The van der Waals surface area contributed by atoms with Crippen LogP contribution in [0.5, 0.6) is 0 Å². The number of hydrogen-bond donors (Lipinski definition) is 0. The van der Waals surface area contributed by atoms with Crippen molar-refractivity contribution in [3.05, 3.63) is 4.91 Å². The monoisotopic (exact) mass is 651 g/mol. The highest BCUT2D eigenvalue weighted by atomic mass is 16.3. The first-order chi connectivity index (χ1) is 19.4. The van der Waals surface area contributed by atoms with E-state index in [-0.39, 0.29) is 18.5 Å². The Morgan fingerprint density at radius 1 is 0.435 bits per heavy atom. The summed E-state index contributed by atoms with van der Waals surface area (Å²) in [6.45, 7) is 48.5. The van der Waals surface area contributed by atoms with Gasteiger partial charge < -0.3 is 0 Å². The highest BCUT2D eigenvalue weighted by Crippen LogP contribution is 2.48. The molecule has 0 aromatic rings. The van der Waals surface area contributed by atoms with E-state index >= 15 is 0 Å². The molecule has 3 heterocycles. The largest absolute Gasteiger partial charge is 0.296 e. The van der Waals surface area contributed by atoms with E-state index in [0.29, 0.717) is 44.3 Å². The van der Waals surface area contributed by atoms with Crippen molar-refractivity contribution in [3.63, 3.8) is 0 Å². The molecular weight excluding hydrogens is 562 g/mol. The van der Waals surface area contributed by atoms with Gasteiger partial charge in [-0.3, -0.25) is 9.80 Å². The van der Waals surface area contributed by atoms with Crippen LogP contribution in [0.2, 0.25) is 0 Å². The average molecular weight is 651 g/mol. The first kappa shape index (κ1) is 45.5. The van der Waals surface area contributed by atoms with Crippen LogP contribution < -0.4 is 0 Å². The fourth-order valence-corrected chi connectivity index (χ4v) is 8.84. The van der Waals surface area contributed by atoms with Crippen molar-refractivity contribution in [1.82, 2.24) is 9.80 Å². The van der Waals surface area contributed by atoms with E-state index in [1.807, 2.05) is 0 Å². The minimum atomic E-state index is -0.223. The van der Waals surface area contributed by atoms with E-state index in [0.717, 1.165) is 24.7 Å². The Morgan fingerprint density at radius 2 is 0.609 bits per heavy atom. The highest BCUT2D eigenvalue weighted by Gasteiger charge is 2.55. The molecule has 4 heteroatoms. The van der Waals surface area contributed by atoms with Gasteiger partial charge in [-0.25, -0.2) is 0 Å². The van der Waals surface area contributed by atoms with Crippen molar-refractivity contribution in [3.8, 4) is 0 Å². The maximum atomic E-state index is 12.2. The first-order valence-corrected chi connectivity index (χ1v) is 18.4. The van der Waals surface area contributed by atoms with Gasteiger partial charge in [0.2, 0.25) is 11.1 Å². The minimum absolute atomic E-state index is 0. The van der Waals surface area contributed by atoms with Crippen molar-refractivity contribution in [2.24, 2.45) is 34.0 Å². The van der Waals surface area contributed by atoms with Crippen LogP contribution in [0.15, 0.2) is 0 Å². The third kappa shape index (κ3) is 11.3. The molecule has 0 atom stereocenters. The van der Waals surface area contributed by atoms with Crippen LogP contribution in [-0.4, -0.2) is 61.9 Å². The van der Waals surface area contributed by atoms with Crippen LogP contribution in [0.4, 0.5) is 0 Å². The molecule has 4 nitrogen and oxygen atoms in total. The summed E-state index contributed by atoms with van der Waals surface area (Å²) in [6, 6.07) is 0. The number of likely N-dealkylation sites (tertiary alicyclic amines) is 2. The molecule has 3 aliphatic heterocycles. The van der Waals surface area contributed by atoms with Gasteiger partial charge in [0.1, 0.15) is 0 Å². The van der Waals surface area contributed by atoms with Gasteiger partial charge in [0.05, 0.1) is 0 Å².